The van der Waals surface area contributed by atoms with Gasteiger partial charge in [0.05, 0.1) is 17.4 Å². The number of aromatic nitrogens is 4. The summed E-state index contributed by atoms with van der Waals surface area (Å²) >= 11 is 0. The third-order valence-corrected chi connectivity index (χ3v) is 4.86. The molecular weight excluding hydrogens is 396 g/mol. The van der Waals surface area contributed by atoms with Crippen LogP contribution in [0.2, 0.25) is 0 Å². The molecule has 0 unspecified atom stereocenters. The molecule has 0 aliphatic carbocycles. The van der Waals surface area contributed by atoms with E-state index >= 15 is 0 Å². The molecule has 0 radical (unpaired) electrons. The van der Waals surface area contributed by atoms with E-state index < -0.39 is 17.2 Å². The maximum absolute atomic E-state index is 13.4. The van der Waals surface area contributed by atoms with Crippen molar-refractivity contribution in [1.82, 2.24) is 19.3 Å². The molecule has 3 rings (SSSR count). The fourth-order valence-electron chi connectivity index (χ4n) is 3.33. The van der Waals surface area contributed by atoms with Crippen LogP contribution in [-0.2, 0) is 6.54 Å². The van der Waals surface area contributed by atoms with Crippen molar-refractivity contribution in [2.24, 2.45) is 5.92 Å². The van der Waals surface area contributed by atoms with Crippen molar-refractivity contribution in [3.63, 3.8) is 0 Å². The largest absolute Gasteiger partial charge is 0.383 e. The summed E-state index contributed by atoms with van der Waals surface area (Å²) in [5.74, 6) is -0.358. The Kier molecular flexibility index (Phi) is 6.74. The van der Waals surface area contributed by atoms with Crippen LogP contribution >= 0.6 is 0 Å². The van der Waals surface area contributed by atoms with Gasteiger partial charge in [0.15, 0.2) is 5.69 Å². The molecule has 2 aromatic heterocycles. The highest BCUT2D eigenvalue weighted by Crippen LogP contribution is 2.21. The minimum atomic E-state index is -0.681. The molecule has 0 bridgehead atoms. The van der Waals surface area contributed by atoms with Gasteiger partial charge in [0.25, 0.3) is 11.5 Å². The molecule has 2 heterocycles. The van der Waals surface area contributed by atoms with Crippen molar-refractivity contribution in [2.45, 2.75) is 40.2 Å². The molecular formula is C22H28N6O3. The zero-order valence-corrected chi connectivity index (χ0v) is 18.0. The number of unbranched alkanes of at least 4 members (excludes halogenated alkanes) is 1. The zero-order chi connectivity index (χ0) is 22.5. The van der Waals surface area contributed by atoms with E-state index in [0.717, 1.165) is 18.5 Å². The highest BCUT2D eigenvalue weighted by Gasteiger charge is 2.27. The summed E-state index contributed by atoms with van der Waals surface area (Å²) in [7, 11) is 0. The average Bonchev–Trinajstić information content (AvgIpc) is 3.23. The summed E-state index contributed by atoms with van der Waals surface area (Å²) in [5, 5.41) is 4.28. The van der Waals surface area contributed by atoms with Gasteiger partial charge in [0.1, 0.15) is 5.82 Å². The lowest BCUT2D eigenvalue weighted by molar-refractivity contribution is 0.0983. The third kappa shape index (κ3) is 4.76. The number of hydrogen-bond donors (Lipinski definition) is 2. The molecule has 1 amide bonds. The number of para-hydroxylation sites is 1. The van der Waals surface area contributed by atoms with Gasteiger partial charge >= 0.3 is 5.69 Å². The standard InChI is InChI=1S/C22H28N6O3/c1-4-5-11-26-19(23)18(20(29)25-22(26)31)27(13-15(2)3)21(30)16-12-24-28(14-16)17-9-7-6-8-10-17/h6-10,12,14-15H,4-5,11,13,23H2,1-3H3,(H,25,29,31). The van der Waals surface area contributed by atoms with Crippen LogP contribution in [0.25, 0.3) is 5.69 Å². The molecule has 1 aromatic carbocycles. The van der Waals surface area contributed by atoms with Gasteiger partial charge in [-0.3, -0.25) is 19.1 Å². The minimum absolute atomic E-state index is 0.00773. The van der Waals surface area contributed by atoms with Crippen molar-refractivity contribution in [3.05, 3.63) is 69.1 Å². The number of nitrogen functional groups attached to an aromatic ring is 1. The number of hydrogen-bond acceptors (Lipinski definition) is 5. The molecule has 9 nitrogen and oxygen atoms in total. The monoisotopic (exact) mass is 424 g/mol. The third-order valence-electron chi connectivity index (χ3n) is 4.86. The fraction of sp³-hybridized carbons (Fsp3) is 0.364. The van der Waals surface area contributed by atoms with Crippen LogP contribution in [0, 0.1) is 5.92 Å². The second-order valence-corrected chi connectivity index (χ2v) is 7.82. The van der Waals surface area contributed by atoms with Crippen LogP contribution in [0.1, 0.15) is 44.0 Å². The Morgan fingerprint density at radius 2 is 1.94 bits per heavy atom. The average molecular weight is 425 g/mol. The maximum Gasteiger partial charge on any atom is 0.330 e. The van der Waals surface area contributed by atoms with Crippen molar-refractivity contribution in [3.8, 4) is 5.69 Å². The summed E-state index contributed by atoms with van der Waals surface area (Å²) in [6.07, 6.45) is 4.65. The van der Waals surface area contributed by atoms with E-state index in [2.05, 4.69) is 10.1 Å². The van der Waals surface area contributed by atoms with E-state index in [0.29, 0.717) is 12.1 Å². The molecule has 3 N–H and O–H groups in total. The lowest BCUT2D eigenvalue weighted by Gasteiger charge is -2.25. The predicted octanol–water partition coefficient (Wildman–Crippen LogP) is 2.41. The first kappa shape index (κ1) is 22.1. The van der Waals surface area contributed by atoms with Crippen molar-refractivity contribution in [2.75, 3.05) is 17.2 Å². The molecule has 164 valence electrons. The SMILES string of the molecule is CCCCn1c(N)c(N(CC(C)C)C(=O)c2cnn(-c3ccccc3)c2)c(=O)[nH]c1=O. The predicted molar refractivity (Wildman–Crippen MR) is 121 cm³/mol. The molecule has 0 aliphatic rings. The number of H-pyrrole nitrogens is 1. The molecule has 0 aliphatic heterocycles. The van der Waals surface area contributed by atoms with Crippen LogP contribution in [0.4, 0.5) is 11.5 Å². The Bertz CT molecular complexity index is 1160. The van der Waals surface area contributed by atoms with Crippen LogP contribution in [0.5, 0.6) is 0 Å². The molecule has 0 saturated carbocycles. The number of benzene rings is 1. The van der Waals surface area contributed by atoms with E-state index in [1.54, 1.807) is 10.9 Å². The van der Waals surface area contributed by atoms with Crippen LogP contribution in [-0.4, -0.2) is 31.8 Å². The summed E-state index contributed by atoms with van der Waals surface area (Å²) < 4.78 is 2.91. The lowest BCUT2D eigenvalue weighted by atomic mass is 10.1. The van der Waals surface area contributed by atoms with E-state index in [1.807, 2.05) is 51.1 Å². The lowest BCUT2D eigenvalue weighted by Crippen LogP contribution is -2.42. The van der Waals surface area contributed by atoms with Crippen molar-refractivity contribution in [1.29, 1.82) is 0 Å². The first-order valence-corrected chi connectivity index (χ1v) is 10.4. The van der Waals surface area contributed by atoms with E-state index in [1.165, 1.54) is 15.7 Å². The van der Waals surface area contributed by atoms with E-state index in [9.17, 15) is 14.4 Å². The molecule has 0 fully saturated rings. The summed E-state index contributed by atoms with van der Waals surface area (Å²) in [5.41, 5.74) is 6.10. The Labute approximate surface area is 180 Å². The fourth-order valence-corrected chi connectivity index (χ4v) is 3.33. The quantitative estimate of drug-likeness (QED) is 0.575. The second-order valence-electron chi connectivity index (χ2n) is 7.82. The molecule has 0 atom stereocenters. The first-order valence-electron chi connectivity index (χ1n) is 10.4. The second kappa shape index (κ2) is 9.46. The topological polar surface area (TPSA) is 119 Å². The summed E-state index contributed by atoms with van der Waals surface area (Å²) in [6.45, 7) is 6.48. The smallest absolute Gasteiger partial charge is 0.330 e. The number of rotatable bonds is 8. The Morgan fingerprint density at radius 1 is 1.23 bits per heavy atom. The number of carbonyl (C=O) groups excluding carboxylic acids is 1. The highest BCUT2D eigenvalue weighted by molar-refractivity contribution is 6.07. The molecule has 3 aromatic rings. The highest BCUT2D eigenvalue weighted by atomic mass is 16.2. The number of aromatic amines is 1. The minimum Gasteiger partial charge on any atom is -0.383 e. The summed E-state index contributed by atoms with van der Waals surface area (Å²) in [4.78, 5) is 42.0. The molecule has 9 heteroatoms. The number of amides is 1. The van der Waals surface area contributed by atoms with Crippen LogP contribution in [0.3, 0.4) is 0 Å². The zero-order valence-electron chi connectivity index (χ0n) is 18.0. The van der Waals surface area contributed by atoms with Crippen LogP contribution in [0.15, 0.2) is 52.3 Å². The Hall–Kier alpha value is -3.62. The van der Waals surface area contributed by atoms with E-state index in [4.69, 9.17) is 5.73 Å². The van der Waals surface area contributed by atoms with Gasteiger partial charge in [-0.15, -0.1) is 0 Å². The Morgan fingerprint density at radius 3 is 2.58 bits per heavy atom. The normalized spacial score (nSPS) is 11.1. The van der Waals surface area contributed by atoms with Gasteiger partial charge < -0.3 is 10.6 Å². The molecule has 0 spiro atoms. The van der Waals surface area contributed by atoms with Crippen molar-refractivity contribution < 1.29 is 4.79 Å². The van der Waals surface area contributed by atoms with Gasteiger partial charge in [-0.1, -0.05) is 45.4 Å². The maximum atomic E-state index is 13.4. The molecule has 31 heavy (non-hydrogen) atoms. The number of carbonyl (C=O) groups is 1. The number of nitrogens with one attached hydrogen (secondary N) is 1. The summed E-state index contributed by atoms with van der Waals surface area (Å²) in [6, 6.07) is 9.40. The van der Waals surface area contributed by atoms with Gasteiger partial charge in [-0.2, -0.15) is 5.10 Å². The van der Waals surface area contributed by atoms with Crippen molar-refractivity contribution >= 4 is 17.4 Å². The van der Waals surface area contributed by atoms with Gasteiger partial charge in [0.2, 0.25) is 0 Å². The molecule has 0 saturated heterocycles. The number of anilines is 2. The van der Waals surface area contributed by atoms with E-state index in [-0.39, 0.29) is 24.0 Å². The van der Waals surface area contributed by atoms with Crippen LogP contribution < -0.4 is 21.9 Å². The van der Waals surface area contributed by atoms with Gasteiger partial charge in [0, 0.05) is 19.3 Å². The number of nitrogens with two attached hydrogens (primary N) is 1. The van der Waals surface area contributed by atoms with Gasteiger partial charge in [-0.25, -0.2) is 9.48 Å². The number of nitrogens with zero attached hydrogens (tertiary/aromatic N) is 4. The Balaban J connectivity index is 2.05. The van der Waals surface area contributed by atoms with Gasteiger partial charge in [-0.05, 0) is 24.5 Å². The first-order chi connectivity index (χ1) is 14.8.